The minimum absolute atomic E-state index is 0.366. The molecule has 0 aromatic heterocycles. The average molecular weight is 438 g/mol. The largest absolute Gasteiger partial charge is 0.462 e. The molecule has 2 aromatic carbocycles. The third-order valence-electron chi connectivity index (χ3n) is 3.44. The van der Waals surface area contributed by atoms with Gasteiger partial charge >= 0.3 is 11.9 Å². The maximum Gasteiger partial charge on any atom is 0.343 e. The Morgan fingerprint density at radius 3 is 2.29 bits per heavy atom. The summed E-state index contributed by atoms with van der Waals surface area (Å²) in [7, 11) is 0. The van der Waals surface area contributed by atoms with Crippen molar-refractivity contribution < 1.29 is 19.1 Å². The predicted molar refractivity (Wildman–Crippen MR) is 100 cm³/mol. The number of esters is 2. The fourth-order valence-corrected chi connectivity index (χ4v) is 2.45. The van der Waals surface area contributed by atoms with Crippen LogP contribution in [0, 0.1) is 10.5 Å². The van der Waals surface area contributed by atoms with E-state index in [1.165, 1.54) is 0 Å². The van der Waals surface area contributed by atoms with Crippen LogP contribution in [0.4, 0.5) is 0 Å². The van der Waals surface area contributed by atoms with E-state index in [2.05, 4.69) is 22.6 Å². The molecule has 0 saturated heterocycles. The number of carbonyl (C=O) groups excluding carboxylic acids is 2. The van der Waals surface area contributed by atoms with Crippen molar-refractivity contribution >= 4 is 34.5 Å². The topological polar surface area (TPSA) is 52.6 Å². The molecule has 0 spiro atoms. The van der Waals surface area contributed by atoms with Crippen LogP contribution in [-0.2, 0) is 4.74 Å². The van der Waals surface area contributed by atoms with Crippen LogP contribution in [0.3, 0.4) is 0 Å². The van der Waals surface area contributed by atoms with Gasteiger partial charge in [0.2, 0.25) is 0 Å². The minimum Gasteiger partial charge on any atom is -0.462 e. The Morgan fingerprint density at radius 1 is 1.00 bits per heavy atom. The number of benzene rings is 2. The second kappa shape index (κ2) is 8.82. The van der Waals surface area contributed by atoms with Crippen LogP contribution >= 0.6 is 22.6 Å². The second-order valence-electron chi connectivity index (χ2n) is 5.37. The molecule has 0 fully saturated rings. The van der Waals surface area contributed by atoms with E-state index in [1.54, 1.807) is 36.4 Å². The molecule has 0 saturated carbocycles. The van der Waals surface area contributed by atoms with Crippen LogP contribution in [0.5, 0.6) is 5.75 Å². The normalized spacial score (nSPS) is 10.3. The second-order valence-corrected chi connectivity index (χ2v) is 6.53. The van der Waals surface area contributed by atoms with Gasteiger partial charge in [0.1, 0.15) is 5.75 Å². The highest BCUT2D eigenvalue weighted by Crippen LogP contribution is 2.18. The van der Waals surface area contributed by atoms with E-state index in [0.717, 1.165) is 22.0 Å². The number of hydrogen-bond acceptors (Lipinski definition) is 4. The number of aryl methyl sites for hydroxylation is 1. The molecule has 2 aromatic rings. The number of carbonyl (C=O) groups is 2. The first-order valence-corrected chi connectivity index (χ1v) is 8.84. The highest BCUT2D eigenvalue weighted by molar-refractivity contribution is 14.1. The zero-order valence-corrected chi connectivity index (χ0v) is 15.8. The molecule has 24 heavy (non-hydrogen) atoms. The Kier molecular flexibility index (Phi) is 6.78. The number of ether oxygens (including phenoxy) is 2. The Hall–Kier alpha value is -1.89. The van der Waals surface area contributed by atoms with Crippen molar-refractivity contribution in [1.82, 2.24) is 0 Å². The van der Waals surface area contributed by atoms with Crippen LogP contribution in [0.2, 0.25) is 0 Å². The maximum absolute atomic E-state index is 12.2. The molecule has 0 heterocycles. The Morgan fingerprint density at radius 2 is 1.67 bits per heavy atom. The van der Waals surface area contributed by atoms with Gasteiger partial charge in [0.05, 0.1) is 17.7 Å². The van der Waals surface area contributed by atoms with Crippen LogP contribution in [0.15, 0.2) is 42.5 Å². The Balaban J connectivity index is 1.99. The highest BCUT2D eigenvalue weighted by Gasteiger charge is 2.11. The number of unbranched alkanes of at least 4 members (excludes halogenated alkanes) is 1. The van der Waals surface area contributed by atoms with Gasteiger partial charge < -0.3 is 9.47 Å². The molecule has 0 aliphatic carbocycles. The van der Waals surface area contributed by atoms with Crippen LogP contribution in [-0.4, -0.2) is 18.5 Å². The van der Waals surface area contributed by atoms with Gasteiger partial charge in [-0.3, -0.25) is 0 Å². The molecule has 0 bridgehead atoms. The molecular formula is C19H19IO4. The van der Waals surface area contributed by atoms with Gasteiger partial charge in [0, 0.05) is 3.57 Å². The molecule has 0 atom stereocenters. The lowest BCUT2D eigenvalue weighted by Crippen LogP contribution is -2.10. The predicted octanol–water partition coefficient (Wildman–Crippen LogP) is 4.78. The number of rotatable bonds is 6. The quantitative estimate of drug-likeness (QED) is 0.282. The first-order chi connectivity index (χ1) is 11.5. The SMILES string of the molecule is CCCCOC(=O)c1ccc(OC(=O)c2ccc(C)c(I)c2)cc1. The first-order valence-electron chi connectivity index (χ1n) is 7.76. The van der Waals surface area contributed by atoms with Crippen molar-refractivity contribution in [1.29, 1.82) is 0 Å². The van der Waals surface area contributed by atoms with Gasteiger partial charge in [-0.1, -0.05) is 19.4 Å². The summed E-state index contributed by atoms with van der Waals surface area (Å²) in [5, 5.41) is 0. The Bertz CT molecular complexity index is 723. The summed E-state index contributed by atoms with van der Waals surface area (Å²) in [4.78, 5) is 24.0. The number of hydrogen-bond donors (Lipinski definition) is 0. The van der Waals surface area contributed by atoms with E-state index >= 15 is 0 Å². The molecular weight excluding hydrogens is 419 g/mol. The molecule has 0 amide bonds. The summed E-state index contributed by atoms with van der Waals surface area (Å²) >= 11 is 2.18. The zero-order valence-electron chi connectivity index (χ0n) is 13.7. The molecule has 126 valence electrons. The van der Waals surface area contributed by atoms with Crippen LogP contribution < -0.4 is 4.74 Å². The van der Waals surface area contributed by atoms with Gasteiger partial charge in [-0.2, -0.15) is 0 Å². The van der Waals surface area contributed by atoms with E-state index in [0.29, 0.717) is 23.5 Å². The molecule has 0 unspecified atom stereocenters. The van der Waals surface area contributed by atoms with Crippen molar-refractivity contribution in [3.05, 3.63) is 62.7 Å². The summed E-state index contributed by atoms with van der Waals surface area (Å²) in [6.45, 7) is 4.43. The summed E-state index contributed by atoms with van der Waals surface area (Å²) in [6, 6.07) is 11.8. The number of halogens is 1. The van der Waals surface area contributed by atoms with Crippen LogP contribution in [0.1, 0.15) is 46.0 Å². The van der Waals surface area contributed by atoms with Crippen molar-refractivity contribution in [3.63, 3.8) is 0 Å². The summed E-state index contributed by atoms with van der Waals surface area (Å²) in [6.07, 6.45) is 1.82. The van der Waals surface area contributed by atoms with E-state index in [9.17, 15) is 9.59 Å². The van der Waals surface area contributed by atoms with Crippen LogP contribution in [0.25, 0.3) is 0 Å². The molecule has 0 radical (unpaired) electrons. The van der Waals surface area contributed by atoms with E-state index in [1.807, 2.05) is 19.9 Å². The average Bonchev–Trinajstić information content (AvgIpc) is 2.58. The van der Waals surface area contributed by atoms with Gasteiger partial charge in [0.15, 0.2) is 0 Å². The van der Waals surface area contributed by atoms with Crippen molar-refractivity contribution in [2.45, 2.75) is 26.7 Å². The lowest BCUT2D eigenvalue weighted by Gasteiger charge is -2.07. The zero-order chi connectivity index (χ0) is 17.5. The fraction of sp³-hybridized carbons (Fsp3) is 0.263. The highest BCUT2D eigenvalue weighted by atomic mass is 127. The standard InChI is InChI=1S/C19H19IO4/c1-3-4-11-23-18(21)14-7-9-16(10-8-14)24-19(22)15-6-5-13(2)17(20)12-15/h5-10,12H,3-4,11H2,1-2H3. The lowest BCUT2D eigenvalue weighted by molar-refractivity contribution is 0.0499. The fourth-order valence-electron chi connectivity index (χ4n) is 1.94. The smallest absolute Gasteiger partial charge is 0.343 e. The van der Waals surface area contributed by atoms with Crippen molar-refractivity contribution in [3.8, 4) is 5.75 Å². The van der Waals surface area contributed by atoms with E-state index in [4.69, 9.17) is 9.47 Å². The van der Waals surface area contributed by atoms with Gasteiger partial charge in [-0.15, -0.1) is 0 Å². The van der Waals surface area contributed by atoms with E-state index < -0.39 is 5.97 Å². The molecule has 5 heteroatoms. The monoisotopic (exact) mass is 438 g/mol. The van der Waals surface area contributed by atoms with Gasteiger partial charge in [0.25, 0.3) is 0 Å². The third-order valence-corrected chi connectivity index (χ3v) is 4.60. The minimum atomic E-state index is -0.425. The van der Waals surface area contributed by atoms with Crippen molar-refractivity contribution in [2.75, 3.05) is 6.61 Å². The van der Waals surface area contributed by atoms with E-state index in [-0.39, 0.29) is 5.97 Å². The molecule has 2 rings (SSSR count). The molecule has 4 nitrogen and oxygen atoms in total. The molecule has 0 N–H and O–H groups in total. The Labute approximate surface area is 155 Å². The lowest BCUT2D eigenvalue weighted by atomic mass is 10.1. The molecule has 0 aliphatic rings. The maximum atomic E-state index is 12.2. The molecule has 0 aliphatic heterocycles. The summed E-state index contributed by atoms with van der Waals surface area (Å²) in [5.41, 5.74) is 2.04. The van der Waals surface area contributed by atoms with Gasteiger partial charge in [-0.05, 0) is 77.9 Å². The van der Waals surface area contributed by atoms with Crippen molar-refractivity contribution in [2.24, 2.45) is 0 Å². The third kappa shape index (κ3) is 5.06. The summed E-state index contributed by atoms with van der Waals surface area (Å²) in [5.74, 6) is -0.402. The first kappa shape index (κ1) is 18.4. The summed E-state index contributed by atoms with van der Waals surface area (Å²) < 4.78 is 11.5. The van der Waals surface area contributed by atoms with Gasteiger partial charge in [-0.25, -0.2) is 9.59 Å².